The van der Waals surface area contributed by atoms with Crippen LogP contribution in [0, 0.1) is 0 Å². The van der Waals surface area contributed by atoms with Gasteiger partial charge in [-0.25, -0.2) is 4.98 Å². The van der Waals surface area contributed by atoms with E-state index in [9.17, 15) is 4.79 Å². The Hall–Kier alpha value is -2.67. The van der Waals surface area contributed by atoms with Crippen molar-refractivity contribution in [2.45, 2.75) is 19.9 Å². The summed E-state index contributed by atoms with van der Waals surface area (Å²) < 4.78 is 5.41. The summed E-state index contributed by atoms with van der Waals surface area (Å²) in [5, 5.41) is 6.00. The number of aromatic nitrogens is 2. The Bertz CT molecular complexity index is 759. The van der Waals surface area contributed by atoms with Crippen molar-refractivity contribution in [2.24, 2.45) is 0 Å². The van der Waals surface area contributed by atoms with Gasteiger partial charge in [0.1, 0.15) is 5.82 Å². The maximum atomic E-state index is 11.8. The second-order valence-electron chi connectivity index (χ2n) is 6.13. The summed E-state index contributed by atoms with van der Waals surface area (Å²) in [7, 11) is 1.63. The zero-order valence-corrected chi connectivity index (χ0v) is 15.3. The third kappa shape index (κ3) is 4.49. The Labute approximate surface area is 153 Å². The Balaban J connectivity index is 1.74. The standard InChI is InChI=1S/C19H25N5O2/c1-3-16-12-17(23-19(22-16)24-7-9-26-10-8-24)21-13-14-5-4-6-15(11-14)18(25)20-2/h4-6,11-12H,3,7-10,13H2,1-2H3,(H,20,25)(H,21,22,23). The van der Waals surface area contributed by atoms with Crippen LogP contribution in [0.2, 0.25) is 0 Å². The first kappa shape index (κ1) is 18.1. The number of ether oxygens (including phenoxy) is 1. The lowest BCUT2D eigenvalue weighted by Crippen LogP contribution is -2.37. The third-order valence-corrected chi connectivity index (χ3v) is 4.31. The van der Waals surface area contributed by atoms with Gasteiger partial charge in [0.05, 0.1) is 13.2 Å². The summed E-state index contributed by atoms with van der Waals surface area (Å²) >= 11 is 0. The van der Waals surface area contributed by atoms with Crippen molar-refractivity contribution in [2.75, 3.05) is 43.6 Å². The van der Waals surface area contributed by atoms with Crippen molar-refractivity contribution in [1.29, 1.82) is 0 Å². The second-order valence-corrected chi connectivity index (χ2v) is 6.13. The van der Waals surface area contributed by atoms with Crippen LogP contribution in [0.4, 0.5) is 11.8 Å². The van der Waals surface area contributed by atoms with E-state index in [0.29, 0.717) is 25.3 Å². The van der Waals surface area contributed by atoms with Gasteiger partial charge in [0.15, 0.2) is 0 Å². The van der Waals surface area contributed by atoms with Crippen molar-refractivity contribution in [3.63, 3.8) is 0 Å². The minimum atomic E-state index is -0.0863. The molecule has 2 N–H and O–H groups in total. The molecule has 1 aromatic heterocycles. The van der Waals surface area contributed by atoms with Crippen LogP contribution in [0.5, 0.6) is 0 Å². The number of rotatable bonds is 6. The van der Waals surface area contributed by atoms with E-state index in [1.165, 1.54) is 0 Å². The molecule has 138 valence electrons. The van der Waals surface area contributed by atoms with Gasteiger partial charge in [-0.3, -0.25) is 4.79 Å². The lowest BCUT2D eigenvalue weighted by molar-refractivity contribution is 0.0963. The van der Waals surface area contributed by atoms with Crippen LogP contribution in [-0.2, 0) is 17.7 Å². The molecular formula is C19H25N5O2. The average molecular weight is 355 g/mol. The molecule has 0 bridgehead atoms. The van der Waals surface area contributed by atoms with Gasteiger partial charge < -0.3 is 20.3 Å². The number of hydrogen-bond acceptors (Lipinski definition) is 6. The smallest absolute Gasteiger partial charge is 0.251 e. The molecule has 0 radical (unpaired) electrons. The Morgan fingerprint density at radius 3 is 2.77 bits per heavy atom. The van der Waals surface area contributed by atoms with Gasteiger partial charge in [0.25, 0.3) is 5.91 Å². The molecule has 3 rings (SSSR count). The fourth-order valence-corrected chi connectivity index (χ4v) is 2.82. The van der Waals surface area contributed by atoms with E-state index in [0.717, 1.165) is 42.5 Å². The van der Waals surface area contributed by atoms with Crippen LogP contribution in [0.15, 0.2) is 30.3 Å². The molecule has 1 fully saturated rings. The highest BCUT2D eigenvalue weighted by Crippen LogP contribution is 2.17. The Kier molecular flexibility index (Phi) is 6.01. The molecule has 7 heteroatoms. The molecule has 1 aliphatic heterocycles. The average Bonchev–Trinajstić information content (AvgIpc) is 2.72. The summed E-state index contributed by atoms with van der Waals surface area (Å²) in [6.07, 6.45) is 0.848. The second kappa shape index (κ2) is 8.62. The molecule has 7 nitrogen and oxygen atoms in total. The Morgan fingerprint density at radius 2 is 2.04 bits per heavy atom. The predicted octanol–water partition coefficient (Wildman–Crippen LogP) is 1.85. The van der Waals surface area contributed by atoms with Gasteiger partial charge in [-0.2, -0.15) is 4.98 Å². The van der Waals surface area contributed by atoms with Crippen LogP contribution in [-0.4, -0.2) is 49.2 Å². The Morgan fingerprint density at radius 1 is 1.23 bits per heavy atom. The maximum absolute atomic E-state index is 11.8. The molecule has 1 amide bonds. The molecule has 0 spiro atoms. The number of carbonyl (C=O) groups excluding carboxylic acids is 1. The van der Waals surface area contributed by atoms with Crippen molar-refractivity contribution in [3.05, 3.63) is 47.2 Å². The zero-order chi connectivity index (χ0) is 18.4. The highest BCUT2D eigenvalue weighted by atomic mass is 16.5. The number of morpholine rings is 1. The van der Waals surface area contributed by atoms with E-state index in [1.807, 2.05) is 24.3 Å². The molecule has 2 aromatic rings. The first-order valence-corrected chi connectivity index (χ1v) is 8.95. The molecule has 0 atom stereocenters. The number of nitrogens with zero attached hydrogens (tertiary/aromatic N) is 3. The van der Waals surface area contributed by atoms with Gasteiger partial charge in [0, 0.05) is 44.0 Å². The number of anilines is 2. The highest BCUT2D eigenvalue weighted by molar-refractivity contribution is 5.94. The van der Waals surface area contributed by atoms with Gasteiger partial charge in [0.2, 0.25) is 5.95 Å². The van der Waals surface area contributed by atoms with E-state index in [1.54, 1.807) is 13.1 Å². The van der Waals surface area contributed by atoms with Gasteiger partial charge >= 0.3 is 0 Å². The number of carbonyl (C=O) groups is 1. The van der Waals surface area contributed by atoms with Crippen LogP contribution in [0.3, 0.4) is 0 Å². The number of nitrogens with one attached hydrogen (secondary N) is 2. The summed E-state index contributed by atoms with van der Waals surface area (Å²) in [5.74, 6) is 1.45. The summed E-state index contributed by atoms with van der Waals surface area (Å²) in [4.78, 5) is 23.2. The van der Waals surface area contributed by atoms with E-state index >= 15 is 0 Å². The minimum Gasteiger partial charge on any atom is -0.378 e. The number of aryl methyl sites for hydroxylation is 1. The highest BCUT2D eigenvalue weighted by Gasteiger charge is 2.15. The van der Waals surface area contributed by atoms with E-state index in [2.05, 4.69) is 32.4 Å². The van der Waals surface area contributed by atoms with Crippen molar-refractivity contribution in [1.82, 2.24) is 15.3 Å². The first-order chi connectivity index (χ1) is 12.7. The summed E-state index contributed by atoms with van der Waals surface area (Å²) in [5.41, 5.74) is 2.68. The number of amides is 1. The summed E-state index contributed by atoms with van der Waals surface area (Å²) in [6, 6.07) is 9.55. The van der Waals surface area contributed by atoms with Crippen LogP contribution >= 0.6 is 0 Å². The van der Waals surface area contributed by atoms with Gasteiger partial charge in [-0.1, -0.05) is 19.1 Å². The lowest BCUT2D eigenvalue weighted by atomic mass is 10.1. The number of hydrogen-bond donors (Lipinski definition) is 2. The molecule has 0 aliphatic carbocycles. The third-order valence-electron chi connectivity index (χ3n) is 4.31. The fraction of sp³-hybridized carbons (Fsp3) is 0.421. The predicted molar refractivity (Wildman–Crippen MR) is 102 cm³/mol. The summed E-state index contributed by atoms with van der Waals surface area (Å²) in [6.45, 7) is 5.70. The zero-order valence-electron chi connectivity index (χ0n) is 15.3. The quantitative estimate of drug-likeness (QED) is 0.823. The maximum Gasteiger partial charge on any atom is 0.251 e. The molecule has 1 saturated heterocycles. The molecule has 1 aliphatic rings. The van der Waals surface area contributed by atoms with Crippen molar-refractivity contribution >= 4 is 17.7 Å². The van der Waals surface area contributed by atoms with Gasteiger partial charge in [-0.15, -0.1) is 0 Å². The van der Waals surface area contributed by atoms with Crippen LogP contribution in [0.25, 0.3) is 0 Å². The van der Waals surface area contributed by atoms with Crippen molar-refractivity contribution in [3.8, 4) is 0 Å². The topological polar surface area (TPSA) is 79.4 Å². The van der Waals surface area contributed by atoms with E-state index < -0.39 is 0 Å². The monoisotopic (exact) mass is 355 g/mol. The molecule has 2 heterocycles. The van der Waals surface area contributed by atoms with Gasteiger partial charge in [-0.05, 0) is 24.1 Å². The van der Waals surface area contributed by atoms with E-state index in [4.69, 9.17) is 4.74 Å². The molecule has 0 unspecified atom stereocenters. The van der Waals surface area contributed by atoms with E-state index in [-0.39, 0.29) is 5.91 Å². The fourth-order valence-electron chi connectivity index (χ4n) is 2.82. The molecule has 26 heavy (non-hydrogen) atoms. The largest absolute Gasteiger partial charge is 0.378 e. The first-order valence-electron chi connectivity index (χ1n) is 8.95. The van der Waals surface area contributed by atoms with Crippen LogP contribution in [0.1, 0.15) is 28.5 Å². The SMILES string of the molecule is CCc1cc(NCc2cccc(C(=O)NC)c2)nc(N2CCOCC2)n1. The normalized spacial score (nSPS) is 14.2. The minimum absolute atomic E-state index is 0.0863. The van der Waals surface area contributed by atoms with Crippen LogP contribution < -0.4 is 15.5 Å². The lowest BCUT2D eigenvalue weighted by Gasteiger charge is -2.27. The molecule has 1 aromatic carbocycles. The molecule has 0 saturated carbocycles. The molecular weight excluding hydrogens is 330 g/mol. The number of benzene rings is 1. The van der Waals surface area contributed by atoms with Crippen molar-refractivity contribution < 1.29 is 9.53 Å².